The second kappa shape index (κ2) is 5.51. The summed E-state index contributed by atoms with van der Waals surface area (Å²) in [6.45, 7) is 5.97. The number of nitrogens with two attached hydrogens (primary N) is 1. The van der Waals surface area contributed by atoms with Gasteiger partial charge in [-0.15, -0.1) is 0 Å². The lowest BCUT2D eigenvalue weighted by Gasteiger charge is -2.25. The van der Waals surface area contributed by atoms with Crippen molar-refractivity contribution in [1.29, 1.82) is 0 Å². The molecule has 18 heavy (non-hydrogen) atoms. The molecule has 1 aliphatic rings. The number of nitrogens with one attached hydrogen (secondary N) is 1. The van der Waals surface area contributed by atoms with E-state index in [-0.39, 0.29) is 0 Å². The third-order valence-corrected chi connectivity index (χ3v) is 3.88. The molecule has 1 aromatic carbocycles. The van der Waals surface area contributed by atoms with Crippen LogP contribution in [-0.2, 0) is 0 Å². The average molecular weight is 248 g/mol. The Kier molecular flexibility index (Phi) is 4.00. The number of para-hydroxylation sites is 1. The minimum absolute atomic E-state index is 0.425. The zero-order chi connectivity index (χ0) is 13.0. The molecule has 100 valence electrons. The number of benzene rings is 1. The second-order valence-corrected chi connectivity index (χ2v) is 5.52. The number of hydrogen-bond donors (Lipinski definition) is 2. The van der Waals surface area contributed by atoms with E-state index in [0.717, 1.165) is 23.7 Å². The molecule has 0 radical (unpaired) electrons. The Morgan fingerprint density at radius 2 is 2.06 bits per heavy atom. The van der Waals surface area contributed by atoms with Gasteiger partial charge in [0, 0.05) is 6.54 Å². The van der Waals surface area contributed by atoms with Crippen LogP contribution in [-0.4, -0.2) is 13.2 Å². The molecule has 0 unspecified atom stereocenters. The molecule has 3 heteroatoms. The third kappa shape index (κ3) is 2.89. The molecule has 0 spiro atoms. The van der Waals surface area contributed by atoms with Crippen molar-refractivity contribution >= 4 is 11.4 Å². The van der Waals surface area contributed by atoms with E-state index in [1.807, 2.05) is 25.1 Å². The van der Waals surface area contributed by atoms with Gasteiger partial charge in [-0.3, -0.25) is 0 Å². The molecule has 1 saturated carbocycles. The van der Waals surface area contributed by atoms with Gasteiger partial charge in [0.2, 0.25) is 0 Å². The van der Waals surface area contributed by atoms with Crippen molar-refractivity contribution in [2.75, 3.05) is 24.2 Å². The van der Waals surface area contributed by atoms with E-state index in [2.05, 4.69) is 12.2 Å². The first-order valence-electron chi connectivity index (χ1n) is 6.90. The maximum atomic E-state index is 6.11. The first kappa shape index (κ1) is 13.1. The fourth-order valence-corrected chi connectivity index (χ4v) is 2.69. The third-order valence-electron chi connectivity index (χ3n) is 3.88. The lowest BCUT2D eigenvalue weighted by Crippen LogP contribution is -2.23. The molecule has 0 bridgehead atoms. The molecule has 0 atom stereocenters. The molecule has 1 fully saturated rings. The predicted octanol–water partition coefficient (Wildman–Crippen LogP) is 3.66. The van der Waals surface area contributed by atoms with Crippen molar-refractivity contribution in [1.82, 2.24) is 0 Å². The van der Waals surface area contributed by atoms with Crippen LogP contribution in [0.1, 0.15) is 39.5 Å². The van der Waals surface area contributed by atoms with Gasteiger partial charge in [0.05, 0.1) is 18.0 Å². The summed E-state index contributed by atoms with van der Waals surface area (Å²) in [6, 6.07) is 5.93. The summed E-state index contributed by atoms with van der Waals surface area (Å²) in [5.74, 6) is 0.777. The number of rotatable bonds is 5. The minimum Gasteiger partial charge on any atom is -0.492 e. The van der Waals surface area contributed by atoms with Gasteiger partial charge in [-0.1, -0.05) is 25.8 Å². The molecule has 0 amide bonds. The van der Waals surface area contributed by atoms with Crippen molar-refractivity contribution in [3.63, 3.8) is 0 Å². The minimum atomic E-state index is 0.425. The Hall–Kier alpha value is -1.38. The smallest absolute Gasteiger partial charge is 0.144 e. The van der Waals surface area contributed by atoms with E-state index in [9.17, 15) is 0 Å². The lowest BCUT2D eigenvalue weighted by molar-refractivity contribution is 0.342. The SMILES string of the molecule is CCOc1cccc(NCC2(C)CCCC2)c1N. The maximum Gasteiger partial charge on any atom is 0.144 e. The summed E-state index contributed by atoms with van der Waals surface area (Å²) in [5.41, 5.74) is 8.25. The molecule has 0 saturated heterocycles. The second-order valence-electron chi connectivity index (χ2n) is 5.52. The van der Waals surface area contributed by atoms with Gasteiger partial charge >= 0.3 is 0 Å². The lowest BCUT2D eigenvalue weighted by atomic mass is 9.89. The van der Waals surface area contributed by atoms with Gasteiger partial charge in [-0.2, -0.15) is 0 Å². The Bertz CT molecular complexity index is 397. The standard InChI is InChI=1S/C15H24N2O/c1-3-18-13-8-6-7-12(14(13)16)17-11-15(2)9-4-5-10-15/h6-8,17H,3-5,9-11,16H2,1-2H3. The van der Waals surface area contributed by atoms with Crippen LogP contribution in [0.2, 0.25) is 0 Å². The van der Waals surface area contributed by atoms with Crippen molar-refractivity contribution in [2.45, 2.75) is 39.5 Å². The van der Waals surface area contributed by atoms with Crippen molar-refractivity contribution in [2.24, 2.45) is 5.41 Å². The van der Waals surface area contributed by atoms with Crippen LogP contribution in [0.5, 0.6) is 5.75 Å². The highest BCUT2D eigenvalue weighted by atomic mass is 16.5. The van der Waals surface area contributed by atoms with E-state index in [0.29, 0.717) is 12.0 Å². The van der Waals surface area contributed by atoms with Crippen LogP contribution in [0.3, 0.4) is 0 Å². The number of ether oxygens (including phenoxy) is 1. The van der Waals surface area contributed by atoms with Gasteiger partial charge in [-0.25, -0.2) is 0 Å². The Morgan fingerprint density at radius 1 is 1.33 bits per heavy atom. The van der Waals surface area contributed by atoms with Crippen LogP contribution in [0.25, 0.3) is 0 Å². The molecule has 1 aliphatic carbocycles. The van der Waals surface area contributed by atoms with E-state index in [4.69, 9.17) is 10.5 Å². The van der Waals surface area contributed by atoms with Crippen molar-refractivity contribution < 1.29 is 4.74 Å². The molecule has 2 rings (SSSR count). The summed E-state index contributed by atoms with van der Waals surface area (Å²) in [7, 11) is 0. The van der Waals surface area contributed by atoms with E-state index < -0.39 is 0 Å². The maximum absolute atomic E-state index is 6.11. The summed E-state index contributed by atoms with van der Waals surface area (Å²) in [5, 5.41) is 3.49. The van der Waals surface area contributed by atoms with E-state index in [1.165, 1.54) is 25.7 Å². The van der Waals surface area contributed by atoms with Gasteiger partial charge < -0.3 is 15.8 Å². The zero-order valence-electron chi connectivity index (χ0n) is 11.5. The number of anilines is 2. The first-order chi connectivity index (χ1) is 8.64. The van der Waals surface area contributed by atoms with Crippen LogP contribution in [0, 0.1) is 5.41 Å². The van der Waals surface area contributed by atoms with Gasteiger partial charge in [0.15, 0.2) is 0 Å². The van der Waals surface area contributed by atoms with E-state index in [1.54, 1.807) is 0 Å². The number of hydrogen-bond acceptors (Lipinski definition) is 3. The highest BCUT2D eigenvalue weighted by molar-refractivity contribution is 5.72. The quantitative estimate of drug-likeness (QED) is 0.782. The molecular formula is C15H24N2O. The summed E-state index contributed by atoms with van der Waals surface area (Å²) in [4.78, 5) is 0. The van der Waals surface area contributed by atoms with Crippen molar-refractivity contribution in [3.8, 4) is 5.75 Å². The fraction of sp³-hybridized carbons (Fsp3) is 0.600. The average Bonchev–Trinajstić information content (AvgIpc) is 2.78. The molecular weight excluding hydrogens is 224 g/mol. The largest absolute Gasteiger partial charge is 0.492 e. The Morgan fingerprint density at radius 3 is 2.72 bits per heavy atom. The van der Waals surface area contributed by atoms with Gasteiger partial charge in [-0.05, 0) is 37.3 Å². The molecule has 3 N–H and O–H groups in total. The number of nitrogen functional groups attached to an aromatic ring is 1. The predicted molar refractivity (Wildman–Crippen MR) is 77.1 cm³/mol. The monoisotopic (exact) mass is 248 g/mol. The fourth-order valence-electron chi connectivity index (χ4n) is 2.69. The highest BCUT2D eigenvalue weighted by Gasteiger charge is 2.28. The Labute approximate surface area is 110 Å². The molecule has 1 aromatic rings. The van der Waals surface area contributed by atoms with Crippen LogP contribution in [0.15, 0.2) is 18.2 Å². The van der Waals surface area contributed by atoms with Crippen LogP contribution < -0.4 is 15.8 Å². The molecule has 0 aromatic heterocycles. The normalized spacial score (nSPS) is 17.7. The van der Waals surface area contributed by atoms with Crippen molar-refractivity contribution in [3.05, 3.63) is 18.2 Å². The molecule has 0 heterocycles. The first-order valence-corrected chi connectivity index (χ1v) is 6.90. The van der Waals surface area contributed by atoms with E-state index >= 15 is 0 Å². The molecule has 0 aliphatic heterocycles. The van der Waals surface area contributed by atoms with Crippen LogP contribution in [0.4, 0.5) is 11.4 Å². The topological polar surface area (TPSA) is 47.3 Å². The molecule has 3 nitrogen and oxygen atoms in total. The summed E-state index contributed by atoms with van der Waals surface area (Å²) < 4.78 is 5.51. The van der Waals surface area contributed by atoms with Gasteiger partial charge in [0.1, 0.15) is 5.75 Å². The van der Waals surface area contributed by atoms with Gasteiger partial charge in [0.25, 0.3) is 0 Å². The van der Waals surface area contributed by atoms with Crippen LogP contribution >= 0.6 is 0 Å². The summed E-state index contributed by atoms with van der Waals surface area (Å²) >= 11 is 0. The Balaban J connectivity index is 2.02. The zero-order valence-corrected chi connectivity index (χ0v) is 11.5. The highest BCUT2D eigenvalue weighted by Crippen LogP contribution is 2.38. The summed E-state index contributed by atoms with van der Waals surface area (Å²) in [6.07, 6.45) is 5.33.